The monoisotopic (exact) mass is 436 g/mol. The lowest BCUT2D eigenvalue weighted by atomic mass is 9.94. The zero-order chi connectivity index (χ0) is 22.4. The van der Waals surface area contributed by atoms with E-state index >= 15 is 0 Å². The van der Waals surface area contributed by atoms with Gasteiger partial charge in [0.25, 0.3) is 5.91 Å². The maximum absolute atomic E-state index is 12.5. The highest BCUT2D eigenvalue weighted by Crippen LogP contribution is 2.53. The fraction of sp³-hybridized carbons (Fsp3) is 0.462. The van der Waals surface area contributed by atoms with Crippen LogP contribution in [0.2, 0.25) is 0 Å². The van der Waals surface area contributed by atoms with Crippen LogP contribution in [-0.4, -0.2) is 43.3 Å². The standard InChI is InChI=1S/C26H32N2O4/c1-3-24(27-32-18-20-4-8-22(30-2)9-5-20)21-6-10-23(11-7-21)31-19-25(29)28-16-14-26(12-13-26)15-17-28/h4-11H,3,12-19H2,1-2H3/b27-24-. The van der Waals surface area contributed by atoms with Crippen LogP contribution < -0.4 is 9.47 Å². The third kappa shape index (κ3) is 5.61. The third-order valence-corrected chi connectivity index (χ3v) is 6.58. The number of hydrogen-bond donors (Lipinski definition) is 0. The second kappa shape index (κ2) is 10.1. The minimum atomic E-state index is 0.0762. The second-order valence-electron chi connectivity index (χ2n) is 8.71. The van der Waals surface area contributed by atoms with Gasteiger partial charge < -0.3 is 19.2 Å². The molecule has 0 radical (unpaired) electrons. The summed E-state index contributed by atoms with van der Waals surface area (Å²) in [7, 11) is 1.65. The zero-order valence-electron chi connectivity index (χ0n) is 19.0. The lowest BCUT2D eigenvalue weighted by Gasteiger charge is -2.32. The molecule has 2 aromatic carbocycles. The van der Waals surface area contributed by atoms with E-state index in [9.17, 15) is 4.79 Å². The first kappa shape index (κ1) is 22.2. The third-order valence-electron chi connectivity index (χ3n) is 6.58. The molecule has 1 amide bonds. The van der Waals surface area contributed by atoms with E-state index in [2.05, 4.69) is 5.16 Å². The molecule has 1 aliphatic heterocycles. The topological polar surface area (TPSA) is 60.4 Å². The van der Waals surface area contributed by atoms with E-state index in [0.717, 1.165) is 54.9 Å². The summed E-state index contributed by atoms with van der Waals surface area (Å²) in [4.78, 5) is 20.0. The molecule has 2 aromatic rings. The largest absolute Gasteiger partial charge is 0.497 e. The van der Waals surface area contributed by atoms with Crippen LogP contribution in [0.3, 0.4) is 0 Å². The predicted octanol–water partition coefficient (Wildman–Crippen LogP) is 4.81. The highest BCUT2D eigenvalue weighted by Gasteiger charge is 2.45. The van der Waals surface area contributed by atoms with Gasteiger partial charge in [0.1, 0.15) is 18.1 Å². The van der Waals surface area contributed by atoms with Gasteiger partial charge in [0.2, 0.25) is 0 Å². The summed E-state index contributed by atoms with van der Waals surface area (Å²) < 4.78 is 10.9. The number of likely N-dealkylation sites (tertiary alicyclic amines) is 1. The van der Waals surface area contributed by atoms with Crippen LogP contribution in [0.25, 0.3) is 0 Å². The number of carbonyl (C=O) groups excluding carboxylic acids is 1. The SMILES string of the molecule is CC/C(=N/OCc1ccc(OC)cc1)c1ccc(OCC(=O)N2CCC3(CC2)CC3)cc1. The Morgan fingerprint density at radius 2 is 1.62 bits per heavy atom. The number of benzene rings is 2. The smallest absolute Gasteiger partial charge is 0.260 e. The first-order valence-electron chi connectivity index (χ1n) is 11.4. The molecule has 6 heteroatoms. The molecule has 6 nitrogen and oxygen atoms in total. The molecule has 1 saturated carbocycles. The number of rotatable bonds is 9. The molecular weight excluding hydrogens is 404 g/mol. The molecule has 0 atom stereocenters. The summed E-state index contributed by atoms with van der Waals surface area (Å²) in [6.07, 6.45) is 5.72. The normalized spacial score (nSPS) is 17.2. The number of amides is 1. The molecule has 170 valence electrons. The van der Waals surface area contributed by atoms with Crippen molar-refractivity contribution in [2.45, 2.75) is 45.6 Å². The molecule has 1 heterocycles. The van der Waals surface area contributed by atoms with Gasteiger partial charge in [-0.25, -0.2) is 0 Å². The second-order valence-corrected chi connectivity index (χ2v) is 8.71. The van der Waals surface area contributed by atoms with Gasteiger partial charge in [-0.1, -0.05) is 24.2 Å². The maximum Gasteiger partial charge on any atom is 0.260 e. The summed E-state index contributed by atoms with van der Waals surface area (Å²) in [6.45, 7) is 4.27. The molecule has 0 aromatic heterocycles. The van der Waals surface area contributed by atoms with Gasteiger partial charge >= 0.3 is 0 Å². The Morgan fingerprint density at radius 1 is 0.969 bits per heavy atom. The van der Waals surface area contributed by atoms with Gasteiger partial charge in [-0.3, -0.25) is 4.79 Å². The summed E-state index contributed by atoms with van der Waals surface area (Å²) in [5.74, 6) is 1.58. The molecule has 2 fully saturated rings. The molecule has 32 heavy (non-hydrogen) atoms. The molecule has 0 unspecified atom stereocenters. The summed E-state index contributed by atoms with van der Waals surface area (Å²) in [5.41, 5.74) is 3.44. The lowest BCUT2D eigenvalue weighted by Crippen LogP contribution is -2.41. The Balaban J connectivity index is 1.25. The minimum absolute atomic E-state index is 0.0762. The number of methoxy groups -OCH3 is 1. The van der Waals surface area contributed by atoms with E-state index in [0.29, 0.717) is 17.8 Å². The van der Waals surface area contributed by atoms with Crippen molar-refractivity contribution in [1.29, 1.82) is 0 Å². The van der Waals surface area contributed by atoms with Crippen LogP contribution in [0.5, 0.6) is 11.5 Å². The highest BCUT2D eigenvalue weighted by molar-refractivity contribution is 6.00. The van der Waals surface area contributed by atoms with E-state index in [1.54, 1.807) is 7.11 Å². The van der Waals surface area contributed by atoms with Gasteiger partial charge in [0.15, 0.2) is 6.61 Å². The van der Waals surface area contributed by atoms with Crippen molar-refractivity contribution in [2.75, 3.05) is 26.8 Å². The van der Waals surface area contributed by atoms with Crippen LogP contribution in [0.4, 0.5) is 0 Å². The Kier molecular flexibility index (Phi) is 6.98. The van der Waals surface area contributed by atoms with E-state index in [-0.39, 0.29) is 12.5 Å². The molecule has 2 aliphatic rings. The van der Waals surface area contributed by atoms with Crippen LogP contribution in [-0.2, 0) is 16.2 Å². The Hall–Kier alpha value is -3.02. The van der Waals surface area contributed by atoms with Crippen molar-refractivity contribution in [1.82, 2.24) is 4.90 Å². The van der Waals surface area contributed by atoms with Gasteiger partial charge in [-0.05, 0) is 85.0 Å². The zero-order valence-corrected chi connectivity index (χ0v) is 19.0. The Morgan fingerprint density at radius 3 is 2.22 bits per heavy atom. The number of carbonyl (C=O) groups is 1. The van der Waals surface area contributed by atoms with Crippen molar-refractivity contribution in [2.24, 2.45) is 10.6 Å². The maximum atomic E-state index is 12.5. The average Bonchev–Trinajstić information content (AvgIpc) is 3.60. The first-order chi connectivity index (χ1) is 15.6. The Labute approximate surface area is 190 Å². The quantitative estimate of drug-likeness (QED) is 0.418. The van der Waals surface area contributed by atoms with Gasteiger partial charge in [-0.2, -0.15) is 0 Å². The summed E-state index contributed by atoms with van der Waals surface area (Å²) in [5, 5.41) is 4.32. The van der Waals surface area contributed by atoms with Crippen LogP contribution in [0, 0.1) is 5.41 Å². The van der Waals surface area contributed by atoms with E-state index < -0.39 is 0 Å². The first-order valence-corrected chi connectivity index (χ1v) is 11.4. The number of nitrogens with zero attached hydrogens (tertiary/aromatic N) is 2. The van der Waals surface area contributed by atoms with E-state index in [1.807, 2.05) is 60.4 Å². The molecule has 1 aliphatic carbocycles. The molecule has 0 N–H and O–H groups in total. The summed E-state index contributed by atoms with van der Waals surface area (Å²) in [6, 6.07) is 15.4. The number of ether oxygens (including phenoxy) is 2. The molecule has 1 spiro atoms. The van der Waals surface area contributed by atoms with Crippen molar-refractivity contribution in [3.63, 3.8) is 0 Å². The number of oxime groups is 1. The van der Waals surface area contributed by atoms with Crippen LogP contribution >= 0.6 is 0 Å². The van der Waals surface area contributed by atoms with Gasteiger partial charge in [0, 0.05) is 13.1 Å². The number of piperidine rings is 1. The van der Waals surface area contributed by atoms with Crippen molar-refractivity contribution in [3.05, 3.63) is 59.7 Å². The lowest BCUT2D eigenvalue weighted by molar-refractivity contribution is -0.134. The predicted molar refractivity (Wildman–Crippen MR) is 124 cm³/mol. The average molecular weight is 437 g/mol. The fourth-order valence-electron chi connectivity index (χ4n) is 4.12. The molecule has 1 saturated heterocycles. The van der Waals surface area contributed by atoms with Gasteiger partial charge in [-0.15, -0.1) is 0 Å². The van der Waals surface area contributed by atoms with Crippen molar-refractivity contribution in [3.8, 4) is 11.5 Å². The molecule has 0 bridgehead atoms. The molecular formula is C26H32N2O4. The van der Waals surface area contributed by atoms with Crippen molar-refractivity contribution >= 4 is 11.6 Å². The van der Waals surface area contributed by atoms with Crippen LogP contribution in [0.15, 0.2) is 53.7 Å². The highest BCUT2D eigenvalue weighted by atomic mass is 16.6. The van der Waals surface area contributed by atoms with E-state index in [4.69, 9.17) is 14.3 Å². The molecule has 4 rings (SSSR count). The Bertz CT molecular complexity index is 923. The fourth-order valence-corrected chi connectivity index (χ4v) is 4.12. The van der Waals surface area contributed by atoms with E-state index in [1.165, 1.54) is 12.8 Å². The van der Waals surface area contributed by atoms with Gasteiger partial charge in [0.05, 0.1) is 12.8 Å². The summed E-state index contributed by atoms with van der Waals surface area (Å²) >= 11 is 0. The number of hydrogen-bond acceptors (Lipinski definition) is 5. The minimum Gasteiger partial charge on any atom is -0.497 e. The van der Waals surface area contributed by atoms with Crippen molar-refractivity contribution < 1.29 is 19.1 Å². The van der Waals surface area contributed by atoms with Crippen LogP contribution in [0.1, 0.15) is 50.2 Å².